The highest BCUT2D eigenvalue weighted by Crippen LogP contribution is 2.28. The minimum atomic E-state index is -0.542. The number of hydrogen-bond acceptors (Lipinski definition) is 5. The lowest BCUT2D eigenvalue weighted by Crippen LogP contribution is -2.28. The normalized spacial score (nSPS) is 13.9. The fourth-order valence-electron chi connectivity index (χ4n) is 3.34. The van der Waals surface area contributed by atoms with Crippen molar-refractivity contribution in [3.8, 4) is 0 Å². The van der Waals surface area contributed by atoms with E-state index in [1.165, 1.54) is 12.1 Å². The molecule has 2 heterocycles. The van der Waals surface area contributed by atoms with E-state index in [2.05, 4.69) is 4.98 Å². The first-order valence-electron chi connectivity index (χ1n) is 9.12. The van der Waals surface area contributed by atoms with Crippen LogP contribution in [-0.2, 0) is 20.9 Å². The van der Waals surface area contributed by atoms with Crippen molar-refractivity contribution in [1.29, 1.82) is 0 Å². The number of anilines is 1. The molecule has 3 aromatic rings. The number of aromatic nitrogens is 1. The van der Waals surface area contributed by atoms with Crippen molar-refractivity contribution in [2.24, 2.45) is 0 Å². The first-order valence-corrected chi connectivity index (χ1v) is 9.50. The monoisotopic (exact) mass is 408 g/mol. The van der Waals surface area contributed by atoms with Gasteiger partial charge in [0.1, 0.15) is 6.61 Å². The minimum absolute atomic E-state index is 0.0613. The molecule has 1 aliphatic rings. The van der Waals surface area contributed by atoms with Crippen LogP contribution in [0.25, 0.3) is 10.9 Å². The van der Waals surface area contributed by atoms with E-state index in [-0.39, 0.29) is 31.3 Å². The van der Waals surface area contributed by atoms with Gasteiger partial charge in [-0.05, 0) is 42.8 Å². The molecule has 1 aliphatic heterocycles. The lowest BCUT2D eigenvalue weighted by atomic mass is 10.1. The van der Waals surface area contributed by atoms with Gasteiger partial charge in [0.25, 0.3) is 0 Å². The standard InChI is InChI=1S/C22H17ClN2O4/c1-13-16-4-2-3-5-17(16)24-18(21(13)23)12-29-22(28)14-6-8-15(9-7-14)25-19(26)10-11-20(25)27/h2-9H,10-12H2,1H3. The molecule has 7 heteroatoms. The van der Waals surface area contributed by atoms with E-state index >= 15 is 0 Å². The number of carbonyl (C=O) groups excluding carboxylic acids is 3. The quantitative estimate of drug-likeness (QED) is 0.477. The van der Waals surface area contributed by atoms with Crippen LogP contribution in [0.1, 0.15) is 34.5 Å². The molecular weight excluding hydrogens is 392 g/mol. The number of hydrogen-bond donors (Lipinski definition) is 0. The number of para-hydroxylation sites is 1. The fourth-order valence-corrected chi connectivity index (χ4v) is 3.54. The summed E-state index contributed by atoms with van der Waals surface area (Å²) in [5.41, 5.74) is 2.91. The largest absolute Gasteiger partial charge is 0.456 e. The highest BCUT2D eigenvalue weighted by Gasteiger charge is 2.30. The van der Waals surface area contributed by atoms with Crippen molar-refractivity contribution in [3.05, 3.63) is 70.4 Å². The van der Waals surface area contributed by atoms with E-state index in [0.717, 1.165) is 21.4 Å². The summed E-state index contributed by atoms with van der Waals surface area (Å²) in [5.74, 6) is -1.02. The van der Waals surface area contributed by atoms with Crippen LogP contribution in [0.4, 0.5) is 5.69 Å². The molecule has 0 spiro atoms. The molecule has 1 aromatic heterocycles. The Balaban J connectivity index is 1.49. The van der Waals surface area contributed by atoms with Crippen molar-refractivity contribution < 1.29 is 19.1 Å². The van der Waals surface area contributed by atoms with Crippen LogP contribution >= 0.6 is 11.6 Å². The van der Waals surface area contributed by atoms with Crippen molar-refractivity contribution in [1.82, 2.24) is 4.98 Å². The first-order chi connectivity index (χ1) is 14.0. The third-order valence-corrected chi connectivity index (χ3v) is 5.40. The van der Waals surface area contributed by atoms with Gasteiger partial charge in [-0.15, -0.1) is 0 Å². The van der Waals surface area contributed by atoms with Gasteiger partial charge in [-0.25, -0.2) is 9.78 Å². The summed E-state index contributed by atoms with van der Waals surface area (Å²) in [6.07, 6.45) is 0.420. The molecule has 1 saturated heterocycles. The molecule has 4 rings (SSSR count). The first kappa shape index (κ1) is 19.1. The number of benzene rings is 2. The number of fused-ring (bicyclic) bond motifs is 1. The Bertz CT molecular complexity index is 1130. The van der Waals surface area contributed by atoms with Gasteiger partial charge in [0.2, 0.25) is 11.8 Å². The number of imide groups is 1. The predicted molar refractivity (Wildman–Crippen MR) is 109 cm³/mol. The van der Waals surface area contributed by atoms with Gasteiger partial charge in [0.05, 0.1) is 27.5 Å². The van der Waals surface area contributed by atoms with Crippen LogP contribution in [0.2, 0.25) is 5.02 Å². The third-order valence-electron chi connectivity index (χ3n) is 4.90. The Kier molecular flexibility index (Phi) is 5.03. The van der Waals surface area contributed by atoms with E-state index in [0.29, 0.717) is 22.0 Å². The van der Waals surface area contributed by atoms with Crippen molar-refractivity contribution in [2.75, 3.05) is 4.90 Å². The average molecular weight is 409 g/mol. The van der Waals surface area contributed by atoms with Crippen LogP contribution < -0.4 is 4.90 Å². The van der Waals surface area contributed by atoms with Crippen molar-refractivity contribution >= 4 is 46.0 Å². The molecule has 6 nitrogen and oxygen atoms in total. The van der Waals surface area contributed by atoms with E-state index in [4.69, 9.17) is 16.3 Å². The Labute approximate surface area is 172 Å². The number of rotatable bonds is 4. The van der Waals surface area contributed by atoms with Gasteiger partial charge in [-0.1, -0.05) is 29.8 Å². The second-order valence-electron chi connectivity index (χ2n) is 6.76. The maximum atomic E-state index is 12.4. The molecule has 0 N–H and O–H groups in total. The SMILES string of the molecule is Cc1c(Cl)c(COC(=O)c2ccc(N3C(=O)CCC3=O)cc2)nc2ccccc12. The molecule has 0 atom stereocenters. The molecule has 29 heavy (non-hydrogen) atoms. The molecule has 146 valence electrons. The van der Waals surface area contributed by atoms with E-state index in [1.807, 2.05) is 31.2 Å². The number of halogens is 1. The third kappa shape index (κ3) is 3.59. The van der Waals surface area contributed by atoms with Crippen LogP contribution in [0.5, 0.6) is 0 Å². The van der Waals surface area contributed by atoms with Gasteiger partial charge in [0.15, 0.2) is 0 Å². The predicted octanol–water partition coefficient (Wildman–Crippen LogP) is 4.21. The molecule has 2 amide bonds. The zero-order valence-electron chi connectivity index (χ0n) is 15.6. The van der Waals surface area contributed by atoms with Crippen molar-refractivity contribution in [3.63, 3.8) is 0 Å². The Hall–Kier alpha value is -3.25. The number of ether oxygens (including phenoxy) is 1. The maximum Gasteiger partial charge on any atom is 0.338 e. The zero-order valence-corrected chi connectivity index (χ0v) is 16.4. The second-order valence-corrected chi connectivity index (χ2v) is 7.14. The molecule has 0 aliphatic carbocycles. The topological polar surface area (TPSA) is 76.6 Å². The summed E-state index contributed by atoms with van der Waals surface area (Å²) in [5, 5.41) is 1.42. The molecular formula is C22H17ClN2O4. The Morgan fingerprint density at radius 1 is 1.07 bits per heavy atom. The minimum Gasteiger partial charge on any atom is -0.456 e. The molecule has 1 fully saturated rings. The fraction of sp³-hybridized carbons (Fsp3) is 0.182. The summed E-state index contributed by atoms with van der Waals surface area (Å²) in [7, 11) is 0. The van der Waals surface area contributed by atoms with E-state index < -0.39 is 5.97 Å². The van der Waals surface area contributed by atoms with Crippen LogP contribution in [0.3, 0.4) is 0 Å². The van der Waals surface area contributed by atoms with Crippen LogP contribution in [0, 0.1) is 6.92 Å². The summed E-state index contributed by atoms with van der Waals surface area (Å²) in [6.45, 7) is 1.84. The summed E-state index contributed by atoms with van der Waals surface area (Å²) < 4.78 is 5.37. The molecule has 0 radical (unpaired) electrons. The second kappa shape index (κ2) is 7.64. The van der Waals surface area contributed by atoms with E-state index in [9.17, 15) is 14.4 Å². The lowest BCUT2D eigenvalue weighted by Gasteiger charge is -2.14. The van der Waals surface area contributed by atoms with Gasteiger partial charge in [0, 0.05) is 18.2 Å². The molecule has 0 unspecified atom stereocenters. The Morgan fingerprint density at radius 3 is 2.41 bits per heavy atom. The maximum absolute atomic E-state index is 12.4. The van der Waals surface area contributed by atoms with E-state index in [1.54, 1.807) is 12.1 Å². The van der Waals surface area contributed by atoms with Gasteiger partial charge in [-0.2, -0.15) is 0 Å². The number of carbonyl (C=O) groups is 3. The number of amides is 2. The van der Waals surface area contributed by atoms with Crippen LogP contribution in [0.15, 0.2) is 48.5 Å². The van der Waals surface area contributed by atoms with Crippen LogP contribution in [-0.4, -0.2) is 22.8 Å². The van der Waals surface area contributed by atoms with Gasteiger partial charge >= 0.3 is 5.97 Å². The number of esters is 1. The number of aryl methyl sites for hydroxylation is 1. The average Bonchev–Trinajstić information content (AvgIpc) is 3.07. The van der Waals surface area contributed by atoms with Gasteiger partial charge in [-0.3, -0.25) is 14.5 Å². The summed E-state index contributed by atoms with van der Waals surface area (Å²) in [4.78, 5) is 41.6. The Morgan fingerprint density at radius 2 is 1.72 bits per heavy atom. The molecule has 2 aromatic carbocycles. The smallest absolute Gasteiger partial charge is 0.338 e. The lowest BCUT2D eigenvalue weighted by molar-refractivity contribution is -0.121. The number of nitrogens with zero attached hydrogens (tertiary/aromatic N) is 2. The molecule has 0 saturated carbocycles. The van der Waals surface area contributed by atoms with Gasteiger partial charge < -0.3 is 4.74 Å². The highest BCUT2D eigenvalue weighted by molar-refractivity contribution is 6.32. The summed E-state index contributed by atoms with van der Waals surface area (Å²) in [6, 6.07) is 13.8. The number of pyridine rings is 1. The van der Waals surface area contributed by atoms with Crippen molar-refractivity contribution in [2.45, 2.75) is 26.4 Å². The summed E-state index contributed by atoms with van der Waals surface area (Å²) >= 11 is 6.40. The molecule has 0 bridgehead atoms. The zero-order chi connectivity index (χ0) is 20.5. The highest BCUT2D eigenvalue weighted by atomic mass is 35.5.